The van der Waals surface area contributed by atoms with Gasteiger partial charge in [-0.15, -0.1) is 0 Å². The van der Waals surface area contributed by atoms with Gasteiger partial charge in [0.15, 0.2) is 0 Å². The third-order valence-corrected chi connectivity index (χ3v) is 9.10. The molecule has 0 aliphatic rings. The van der Waals surface area contributed by atoms with E-state index in [0.717, 1.165) is 0 Å². The minimum Gasteiger partial charge on any atom is -0.0616 e. The van der Waals surface area contributed by atoms with Gasteiger partial charge in [0.2, 0.25) is 0 Å². The van der Waals surface area contributed by atoms with Crippen LogP contribution < -0.4 is 26.5 Å². The van der Waals surface area contributed by atoms with Crippen molar-refractivity contribution in [1.29, 1.82) is 0 Å². The van der Waals surface area contributed by atoms with Gasteiger partial charge in [-0.25, -0.2) is 0 Å². The van der Waals surface area contributed by atoms with Crippen LogP contribution in [0.2, 0.25) is 0 Å². The molecular weight excluding hydrogens is 386 g/mol. The first-order valence-corrected chi connectivity index (χ1v) is 12.3. The predicted molar refractivity (Wildman–Crippen MR) is 133 cm³/mol. The molecule has 2 heteroatoms. The van der Waals surface area contributed by atoms with Crippen LogP contribution in [0.25, 0.3) is 0 Å². The van der Waals surface area contributed by atoms with Crippen LogP contribution in [0, 0.1) is 20.8 Å². The first kappa shape index (κ1) is 20.0. The molecule has 1 unspecified atom stereocenters. The SMILES string of the molecule is Cc1ccc(Pc2ccccc2P(c2ccc(C)cc2)c2ccc(C)cc2)cc1. The van der Waals surface area contributed by atoms with E-state index in [0.29, 0.717) is 8.58 Å². The molecule has 0 aliphatic carbocycles. The molecule has 0 heterocycles. The van der Waals surface area contributed by atoms with E-state index < -0.39 is 7.92 Å². The Hall–Kier alpha value is -2.26. The molecule has 4 rings (SSSR count). The fourth-order valence-corrected chi connectivity index (χ4v) is 7.22. The Morgan fingerprint density at radius 2 is 0.966 bits per heavy atom. The highest BCUT2D eigenvalue weighted by Gasteiger charge is 2.19. The standard InChI is InChI=1S/C27H26P2/c1-20-8-14-23(15-9-20)28-26-6-4-5-7-27(26)29(24-16-10-21(2)11-17-24)25-18-12-22(3)13-19-25/h4-19,28H,1-3H3. The minimum absolute atomic E-state index is 0.587. The van der Waals surface area contributed by atoms with Crippen molar-refractivity contribution in [2.75, 3.05) is 0 Å². The zero-order valence-electron chi connectivity index (χ0n) is 17.2. The number of aryl methyl sites for hydroxylation is 3. The molecule has 29 heavy (non-hydrogen) atoms. The quantitative estimate of drug-likeness (QED) is 0.405. The molecule has 0 aromatic heterocycles. The molecule has 1 atom stereocenters. The summed E-state index contributed by atoms with van der Waals surface area (Å²) >= 11 is 0. The van der Waals surface area contributed by atoms with Crippen LogP contribution in [0.4, 0.5) is 0 Å². The average Bonchev–Trinajstić information content (AvgIpc) is 2.74. The second kappa shape index (κ2) is 9.04. The normalized spacial score (nSPS) is 11.4. The molecule has 0 N–H and O–H groups in total. The van der Waals surface area contributed by atoms with Crippen molar-refractivity contribution < 1.29 is 0 Å². The van der Waals surface area contributed by atoms with Gasteiger partial charge in [0.05, 0.1) is 0 Å². The zero-order chi connectivity index (χ0) is 20.2. The van der Waals surface area contributed by atoms with Crippen LogP contribution in [0.5, 0.6) is 0 Å². The molecule has 0 radical (unpaired) electrons. The highest BCUT2D eigenvalue weighted by molar-refractivity contribution is 7.81. The van der Waals surface area contributed by atoms with Gasteiger partial charge in [0.25, 0.3) is 0 Å². The van der Waals surface area contributed by atoms with Gasteiger partial charge in [-0.2, -0.15) is 0 Å². The molecule has 0 fully saturated rings. The largest absolute Gasteiger partial charge is 0.0616 e. The van der Waals surface area contributed by atoms with Crippen molar-refractivity contribution >= 4 is 43.0 Å². The molecule has 4 aromatic rings. The summed E-state index contributed by atoms with van der Waals surface area (Å²) in [5.41, 5.74) is 3.93. The summed E-state index contributed by atoms with van der Waals surface area (Å²) in [6, 6.07) is 36.2. The molecule has 0 spiro atoms. The molecule has 0 nitrogen and oxygen atoms in total. The Kier molecular flexibility index (Phi) is 6.25. The average molecular weight is 412 g/mol. The zero-order valence-corrected chi connectivity index (χ0v) is 19.1. The third-order valence-electron chi connectivity index (χ3n) is 5.06. The first-order chi connectivity index (χ1) is 14.1. The van der Waals surface area contributed by atoms with Crippen molar-refractivity contribution in [2.24, 2.45) is 0 Å². The van der Waals surface area contributed by atoms with Crippen LogP contribution >= 0.6 is 16.5 Å². The predicted octanol–water partition coefficient (Wildman–Crippen LogP) is 5.00. The van der Waals surface area contributed by atoms with Crippen LogP contribution in [0.1, 0.15) is 16.7 Å². The van der Waals surface area contributed by atoms with Crippen LogP contribution in [0.15, 0.2) is 97.1 Å². The Morgan fingerprint density at radius 1 is 0.517 bits per heavy atom. The maximum Gasteiger partial charge on any atom is -0.00735 e. The van der Waals surface area contributed by atoms with Gasteiger partial charge in [-0.05, 0) is 55.2 Å². The third kappa shape index (κ3) is 4.84. The Balaban J connectivity index is 1.81. The second-order valence-electron chi connectivity index (χ2n) is 7.51. The smallest absolute Gasteiger partial charge is 0.00735 e. The van der Waals surface area contributed by atoms with Crippen LogP contribution in [-0.4, -0.2) is 0 Å². The van der Waals surface area contributed by atoms with Gasteiger partial charge in [-0.1, -0.05) is 122 Å². The van der Waals surface area contributed by atoms with Gasteiger partial charge in [0, 0.05) is 0 Å². The highest BCUT2D eigenvalue weighted by atomic mass is 31.1. The maximum atomic E-state index is 2.34. The summed E-state index contributed by atoms with van der Waals surface area (Å²) in [5.74, 6) is 0. The van der Waals surface area contributed by atoms with Gasteiger partial charge < -0.3 is 0 Å². The lowest BCUT2D eigenvalue weighted by atomic mass is 10.2. The molecular formula is C27H26P2. The van der Waals surface area contributed by atoms with Crippen molar-refractivity contribution in [3.05, 3.63) is 114 Å². The van der Waals surface area contributed by atoms with Crippen molar-refractivity contribution in [3.63, 3.8) is 0 Å². The lowest BCUT2D eigenvalue weighted by Crippen LogP contribution is -2.29. The number of benzene rings is 4. The second-order valence-corrected chi connectivity index (χ2v) is 11.1. The molecule has 0 bridgehead atoms. The number of hydrogen-bond donors (Lipinski definition) is 0. The summed E-state index contributed by atoms with van der Waals surface area (Å²) < 4.78 is 0. The Labute approximate surface area is 177 Å². The summed E-state index contributed by atoms with van der Waals surface area (Å²) in [6.07, 6.45) is 0. The molecule has 0 saturated heterocycles. The molecule has 4 aromatic carbocycles. The molecule has 144 valence electrons. The van der Waals surface area contributed by atoms with Gasteiger partial charge in [0.1, 0.15) is 0 Å². The van der Waals surface area contributed by atoms with Gasteiger partial charge >= 0.3 is 0 Å². The molecule has 0 saturated carbocycles. The number of hydrogen-bond acceptors (Lipinski definition) is 0. The van der Waals surface area contributed by atoms with Crippen LogP contribution in [-0.2, 0) is 0 Å². The molecule has 0 amide bonds. The van der Waals surface area contributed by atoms with E-state index in [1.54, 1.807) is 0 Å². The number of rotatable bonds is 5. The maximum absolute atomic E-state index is 2.34. The monoisotopic (exact) mass is 412 g/mol. The summed E-state index contributed by atoms with van der Waals surface area (Å²) in [5, 5.41) is 7.13. The fraction of sp³-hybridized carbons (Fsp3) is 0.111. The minimum atomic E-state index is -0.587. The van der Waals surface area contributed by atoms with Gasteiger partial charge in [-0.3, -0.25) is 0 Å². The lowest BCUT2D eigenvalue weighted by molar-refractivity contribution is 1.49. The molecule has 0 aliphatic heterocycles. The fourth-order valence-electron chi connectivity index (χ4n) is 3.38. The Bertz CT molecular complexity index is 1030. The van der Waals surface area contributed by atoms with Crippen LogP contribution in [0.3, 0.4) is 0 Å². The van der Waals surface area contributed by atoms with Crippen molar-refractivity contribution in [3.8, 4) is 0 Å². The topological polar surface area (TPSA) is 0 Å². The lowest BCUT2D eigenvalue weighted by Gasteiger charge is -2.23. The Morgan fingerprint density at radius 3 is 1.48 bits per heavy atom. The summed E-state index contributed by atoms with van der Waals surface area (Å²) in [7, 11) is 0.0790. The highest BCUT2D eigenvalue weighted by Crippen LogP contribution is 2.33. The first-order valence-electron chi connectivity index (χ1n) is 9.96. The van der Waals surface area contributed by atoms with E-state index in [4.69, 9.17) is 0 Å². The summed E-state index contributed by atoms with van der Waals surface area (Å²) in [4.78, 5) is 0. The van der Waals surface area contributed by atoms with E-state index in [9.17, 15) is 0 Å². The van der Waals surface area contributed by atoms with Crippen molar-refractivity contribution in [2.45, 2.75) is 20.8 Å². The summed E-state index contributed by atoms with van der Waals surface area (Å²) in [6.45, 7) is 6.46. The van der Waals surface area contributed by atoms with E-state index in [1.165, 1.54) is 43.2 Å². The van der Waals surface area contributed by atoms with E-state index >= 15 is 0 Å². The van der Waals surface area contributed by atoms with E-state index in [2.05, 4.69) is 118 Å². The van der Waals surface area contributed by atoms with E-state index in [-0.39, 0.29) is 0 Å². The van der Waals surface area contributed by atoms with E-state index in [1.807, 2.05) is 0 Å². The van der Waals surface area contributed by atoms with Crippen molar-refractivity contribution in [1.82, 2.24) is 0 Å².